The molecule has 0 N–H and O–H groups in total. The monoisotopic (exact) mass is 566 g/mol. The third-order valence-corrected chi connectivity index (χ3v) is 8.08. The minimum absolute atomic E-state index is 0.192. The third kappa shape index (κ3) is 11.2. The highest BCUT2D eigenvalue weighted by Gasteiger charge is 2.29. The molecule has 0 aliphatic heterocycles. The smallest absolute Gasteiger partial charge is 0.340 e. The van der Waals surface area contributed by atoms with Gasteiger partial charge < -0.3 is 18.9 Å². The lowest BCUT2D eigenvalue weighted by Gasteiger charge is -2.29. The first-order valence-corrected chi connectivity index (χ1v) is 15.4. The van der Waals surface area contributed by atoms with Crippen LogP contribution >= 0.6 is 0 Å². The number of rotatable bonds is 16. The Balaban J connectivity index is 1.27. The molecule has 0 amide bonds. The Morgan fingerprint density at radius 2 is 1.02 bits per heavy atom. The minimum atomic E-state index is -1.51. The van der Waals surface area contributed by atoms with Crippen LogP contribution in [0, 0.1) is 11.8 Å². The van der Waals surface area contributed by atoms with E-state index in [1.807, 2.05) is 38.1 Å². The molecule has 8 heteroatoms. The number of hydrogen-bond acceptors (Lipinski definition) is 6. The number of esters is 2. The lowest BCUT2D eigenvalue weighted by molar-refractivity contribution is -0.158. The van der Waals surface area contributed by atoms with Crippen LogP contribution in [0.5, 0.6) is 11.5 Å². The van der Waals surface area contributed by atoms with E-state index in [-0.39, 0.29) is 25.0 Å². The summed E-state index contributed by atoms with van der Waals surface area (Å²) in [4.78, 5) is 23.8. The molecule has 0 spiro atoms. The van der Waals surface area contributed by atoms with Crippen LogP contribution in [-0.2, 0) is 19.1 Å². The number of hydrogen-bond donors (Lipinski definition) is 0. The van der Waals surface area contributed by atoms with Gasteiger partial charge in [-0.1, -0.05) is 39.5 Å². The van der Waals surface area contributed by atoms with Crippen molar-refractivity contribution < 1.29 is 37.3 Å². The number of ether oxygens (including phenoxy) is 4. The first kappa shape index (κ1) is 32.1. The van der Waals surface area contributed by atoms with Gasteiger partial charge in [-0.15, -0.1) is 0 Å². The van der Waals surface area contributed by atoms with E-state index in [0.29, 0.717) is 37.9 Å². The Hall–Kier alpha value is -2.38. The van der Waals surface area contributed by atoms with Gasteiger partial charge in [0.2, 0.25) is 0 Å². The fourth-order valence-electron chi connectivity index (χ4n) is 5.37. The van der Waals surface area contributed by atoms with Crippen LogP contribution in [0.3, 0.4) is 0 Å². The van der Waals surface area contributed by atoms with Crippen molar-refractivity contribution in [2.24, 2.45) is 11.8 Å². The number of alkyl halides is 2. The molecule has 0 saturated heterocycles. The molecule has 2 aliphatic carbocycles. The number of unbranched alkanes of at least 4 members (excludes halogenated alkanes) is 2. The van der Waals surface area contributed by atoms with Crippen LogP contribution in [0.25, 0.3) is 0 Å². The first-order chi connectivity index (χ1) is 19.4. The van der Waals surface area contributed by atoms with E-state index < -0.39 is 24.3 Å². The maximum absolute atomic E-state index is 13.9. The Morgan fingerprint density at radius 3 is 1.35 bits per heavy atom. The molecule has 226 valence electrons. The van der Waals surface area contributed by atoms with E-state index in [2.05, 4.69) is 0 Å². The molecule has 1 aromatic rings. The van der Waals surface area contributed by atoms with E-state index in [0.717, 1.165) is 75.7 Å². The zero-order valence-electron chi connectivity index (χ0n) is 24.3. The Labute approximate surface area is 238 Å². The van der Waals surface area contributed by atoms with Crippen LogP contribution < -0.4 is 9.47 Å². The van der Waals surface area contributed by atoms with Crippen molar-refractivity contribution in [2.45, 2.75) is 128 Å². The second-order valence-corrected chi connectivity index (χ2v) is 11.5. The summed E-state index contributed by atoms with van der Waals surface area (Å²) in [5.41, 5.74) is 0. The zero-order chi connectivity index (χ0) is 28.7. The van der Waals surface area contributed by atoms with Crippen molar-refractivity contribution in [3.63, 3.8) is 0 Å². The fourth-order valence-corrected chi connectivity index (χ4v) is 5.37. The van der Waals surface area contributed by atoms with Gasteiger partial charge in [-0.25, -0.2) is 18.4 Å². The van der Waals surface area contributed by atoms with Gasteiger partial charge in [0, 0.05) is 0 Å². The van der Waals surface area contributed by atoms with Gasteiger partial charge in [0.25, 0.3) is 0 Å². The second kappa shape index (κ2) is 17.4. The molecule has 6 nitrogen and oxygen atoms in total. The van der Waals surface area contributed by atoms with Crippen molar-refractivity contribution >= 4 is 11.9 Å². The predicted molar refractivity (Wildman–Crippen MR) is 150 cm³/mol. The van der Waals surface area contributed by atoms with Crippen LogP contribution in [0.1, 0.15) is 104 Å². The van der Waals surface area contributed by atoms with E-state index in [9.17, 15) is 18.4 Å². The van der Waals surface area contributed by atoms with E-state index in [1.54, 1.807) is 0 Å². The summed E-state index contributed by atoms with van der Waals surface area (Å²) in [7, 11) is 0. The SMILES string of the molecule is CCCCC(F)C(=O)OC1CCC(COc2ccc(OCC3CCC(OC(=O)C(F)CCCC)CC3)cc2)CC1. The van der Waals surface area contributed by atoms with Gasteiger partial charge in [-0.05, 0) is 100 Å². The van der Waals surface area contributed by atoms with Crippen molar-refractivity contribution in [2.75, 3.05) is 13.2 Å². The summed E-state index contributed by atoms with van der Waals surface area (Å²) in [6.45, 7) is 5.14. The molecule has 2 aliphatic rings. The first-order valence-electron chi connectivity index (χ1n) is 15.4. The summed E-state index contributed by atoms with van der Waals surface area (Å²) >= 11 is 0. The molecule has 3 rings (SSSR count). The van der Waals surface area contributed by atoms with Crippen LogP contribution in [0.2, 0.25) is 0 Å². The van der Waals surface area contributed by atoms with Crippen molar-refractivity contribution in [3.8, 4) is 11.5 Å². The zero-order valence-corrected chi connectivity index (χ0v) is 24.3. The topological polar surface area (TPSA) is 71.1 Å². The molecule has 2 atom stereocenters. The Morgan fingerprint density at radius 1 is 0.675 bits per heavy atom. The van der Waals surface area contributed by atoms with E-state index >= 15 is 0 Å². The summed E-state index contributed by atoms with van der Waals surface area (Å²) in [6.07, 6.45) is 6.71. The average molecular weight is 567 g/mol. The van der Waals surface area contributed by atoms with Gasteiger partial charge >= 0.3 is 11.9 Å². The lowest BCUT2D eigenvalue weighted by Crippen LogP contribution is -2.30. The van der Waals surface area contributed by atoms with Gasteiger partial charge in [0.15, 0.2) is 12.3 Å². The fraction of sp³-hybridized carbons (Fsp3) is 0.750. The second-order valence-electron chi connectivity index (χ2n) is 11.5. The standard InChI is InChI=1S/C32H48F2O6/c1-3-5-7-29(33)31(35)39-27-13-9-23(10-14-27)21-37-25-17-19-26(20-18-25)38-22-24-11-15-28(16-12-24)40-32(36)30(34)8-6-4-2/h17-20,23-24,27-30H,3-16,21-22H2,1-2H3. The van der Waals surface area contributed by atoms with E-state index in [4.69, 9.17) is 18.9 Å². The summed E-state index contributed by atoms with van der Waals surface area (Å²) in [5.74, 6) is 0.910. The van der Waals surface area contributed by atoms with E-state index in [1.165, 1.54) is 0 Å². The Bertz CT molecular complexity index is 792. The molecule has 40 heavy (non-hydrogen) atoms. The predicted octanol–water partition coefficient (Wildman–Crippen LogP) is 7.70. The summed E-state index contributed by atoms with van der Waals surface area (Å²) in [5, 5.41) is 0. The summed E-state index contributed by atoms with van der Waals surface area (Å²) < 4.78 is 50.5. The largest absolute Gasteiger partial charge is 0.493 e. The molecular formula is C32H48F2O6. The lowest BCUT2D eigenvalue weighted by atomic mass is 9.88. The minimum Gasteiger partial charge on any atom is -0.493 e. The highest BCUT2D eigenvalue weighted by molar-refractivity contribution is 5.75. The molecule has 0 heterocycles. The maximum atomic E-state index is 13.9. The van der Waals surface area contributed by atoms with Crippen molar-refractivity contribution in [3.05, 3.63) is 24.3 Å². The highest BCUT2D eigenvalue weighted by atomic mass is 19.1. The molecule has 2 fully saturated rings. The number of carbonyl (C=O) groups excluding carboxylic acids is 2. The molecule has 0 bridgehead atoms. The molecule has 2 unspecified atom stereocenters. The van der Waals surface area contributed by atoms with Crippen molar-refractivity contribution in [1.82, 2.24) is 0 Å². The van der Waals surface area contributed by atoms with Crippen LogP contribution in [0.4, 0.5) is 8.78 Å². The third-order valence-electron chi connectivity index (χ3n) is 8.08. The van der Waals surface area contributed by atoms with Gasteiger partial charge in [-0.2, -0.15) is 0 Å². The van der Waals surface area contributed by atoms with Crippen LogP contribution in [0.15, 0.2) is 24.3 Å². The molecule has 1 aromatic carbocycles. The van der Waals surface area contributed by atoms with Crippen LogP contribution in [-0.4, -0.2) is 49.7 Å². The number of benzene rings is 1. The van der Waals surface area contributed by atoms with Gasteiger partial charge in [-0.3, -0.25) is 0 Å². The average Bonchev–Trinajstić information content (AvgIpc) is 2.98. The summed E-state index contributed by atoms with van der Waals surface area (Å²) in [6, 6.07) is 7.62. The van der Waals surface area contributed by atoms with Gasteiger partial charge in [0.05, 0.1) is 13.2 Å². The normalized spacial score (nSPS) is 24.5. The highest BCUT2D eigenvalue weighted by Crippen LogP contribution is 2.30. The number of carbonyl (C=O) groups is 2. The molecule has 0 radical (unpaired) electrons. The molecule has 2 saturated carbocycles. The maximum Gasteiger partial charge on any atom is 0.340 e. The Kier molecular flexibility index (Phi) is 14.0. The molecule has 0 aromatic heterocycles. The van der Waals surface area contributed by atoms with Crippen molar-refractivity contribution in [1.29, 1.82) is 0 Å². The number of halogens is 2. The molecular weight excluding hydrogens is 518 g/mol. The van der Waals surface area contributed by atoms with Gasteiger partial charge in [0.1, 0.15) is 23.7 Å². The quantitative estimate of drug-likeness (QED) is 0.191.